The Morgan fingerprint density at radius 3 is 2.75 bits per heavy atom. The van der Waals surface area contributed by atoms with Gasteiger partial charge in [0.2, 0.25) is 0 Å². The Labute approximate surface area is 119 Å². The molecule has 1 aliphatic carbocycles. The lowest BCUT2D eigenvalue weighted by Gasteiger charge is -2.30. The number of rotatable bonds is 3. The molecular formula is C16H22FNO2. The molecule has 3 nitrogen and oxygen atoms in total. The third-order valence-electron chi connectivity index (χ3n) is 4.20. The van der Waals surface area contributed by atoms with Crippen LogP contribution < -0.4 is 5.32 Å². The Balaban J connectivity index is 2.26. The van der Waals surface area contributed by atoms with Crippen molar-refractivity contribution in [1.29, 1.82) is 0 Å². The number of hydrogen-bond acceptors (Lipinski definition) is 2. The van der Waals surface area contributed by atoms with Crippen LogP contribution in [-0.2, 0) is 4.79 Å². The molecule has 1 aromatic rings. The summed E-state index contributed by atoms with van der Waals surface area (Å²) in [5.74, 6) is -0.629. The summed E-state index contributed by atoms with van der Waals surface area (Å²) in [6.07, 6.45) is 3.99. The molecule has 0 bridgehead atoms. The lowest BCUT2D eigenvalue weighted by atomic mass is 9.89. The van der Waals surface area contributed by atoms with Crippen LogP contribution in [0.2, 0.25) is 0 Å². The molecule has 1 saturated carbocycles. The first-order chi connectivity index (χ1) is 9.41. The minimum absolute atomic E-state index is 0.338. The first kappa shape index (κ1) is 14.8. The van der Waals surface area contributed by atoms with Gasteiger partial charge in [-0.3, -0.25) is 0 Å². The Hall–Kier alpha value is -1.58. The van der Waals surface area contributed by atoms with Gasteiger partial charge in [0.25, 0.3) is 0 Å². The summed E-state index contributed by atoms with van der Waals surface area (Å²) >= 11 is 0. The highest BCUT2D eigenvalue weighted by molar-refractivity contribution is 5.83. The fourth-order valence-electron chi connectivity index (χ4n) is 2.99. The van der Waals surface area contributed by atoms with Crippen molar-refractivity contribution in [2.75, 3.05) is 5.32 Å². The molecule has 1 aromatic carbocycles. The quantitative estimate of drug-likeness (QED) is 0.823. The second-order valence-corrected chi connectivity index (χ2v) is 6.07. The first-order valence-corrected chi connectivity index (χ1v) is 7.20. The molecule has 0 amide bonds. The monoisotopic (exact) mass is 279 g/mol. The van der Waals surface area contributed by atoms with Gasteiger partial charge < -0.3 is 10.4 Å². The third kappa shape index (κ3) is 3.30. The van der Waals surface area contributed by atoms with Gasteiger partial charge in [0.05, 0.1) is 0 Å². The maximum atomic E-state index is 13.5. The van der Waals surface area contributed by atoms with Crippen LogP contribution in [-0.4, -0.2) is 16.6 Å². The van der Waals surface area contributed by atoms with Gasteiger partial charge in [-0.25, -0.2) is 9.18 Å². The molecule has 110 valence electrons. The van der Waals surface area contributed by atoms with Gasteiger partial charge >= 0.3 is 5.97 Å². The van der Waals surface area contributed by atoms with Crippen LogP contribution in [0.15, 0.2) is 18.2 Å². The van der Waals surface area contributed by atoms with Crippen molar-refractivity contribution in [3.63, 3.8) is 0 Å². The number of hydrogen-bond donors (Lipinski definition) is 2. The Morgan fingerprint density at radius 2 is 2.10 bits per heavy atom. The van der Waals surface area contributed by atoms with Crippen LogP contribution in [0, 0.1) is 18.7 Å². The number of aryl methyl sites for hydroxylation is 1. The van der Waals surface area contributed by atoms with Crippen LogP contribution in [0.1, 0.15) is 44.6 Å². The number of carbonyl (C=O) groups is 1. The summed E-state index contributed by atoms with van der Waals surface area (Å²) in [5.41, 5.74) is 0.375. The highest BCUT2D eigenvalue weighted by Gasteiger charge is 2.39. The molecule has 20 heavy (non-hydrogen) atoms. The number of aliphatic carboxylic acids is 1. The van der Waals surface area contributed by atoms with E-state index in [-0.39, 0.29) is 5.82 Å². The van der Waals surface area contributed by atoms with Crippen molar-refractivity contribution in [3.05, 3.63) is 29.6 Å². The fraction of sp³-hybridized carbons (Fsp3) is 0.562. The van der Waals surface area contributed by atoms with E-state index in [1.165, 1.54) is 12.1 Å². The van der Waals surface area contributed by atoms with Crippen LogP contribution in [0.4, 0.5) is 10.1 Å². The molecular weight excluding hydrogens is 257 g/mol. The zero-order valence-electron chi connectivity index (χ0n) is 12.1. The van der Waals surface area contributed by atoms with Gasteiger partial charge in [-0.1, -0.05) is 19.8 Å². The van der Waals surface area contributed by atoms with Crippen LogP contribution in [0.25, 0.3) is 0 Å². The number of benzene rings is 1. The molecule has 2 N–H and O–H groups in total. The predicted molar refractivity (Wildman–Crippen MR) is 77.4 cm³/mol. The number of halogens is 1. The van der Waals surface area contributed by atoms with E-state index in [0.717, 1.165) is 24.8 Å². The zero-order valence-corrected chi connectivity index (χ0v) is 12.1. The number of nitrogens with one attached hydrogen (secondary N) is 1. The molecule has 1 fully saturated rings. The fourth-order valence-corrected chi connectivity index (χ4v) is 2.99. The molecule has 0 saturated heterocycles. The van der Waals surface area contributed by atoms with E-state index < -0.39 is 11.5 Å². The van der Waals surface area contributed by atoms with Gasteiger partial charge in [-0.05, 0) is 55.9 Å². The molecule has 1 aliphatic rings. The Bertz CT molecular complexity index is 483. The summed E-state index contributed by atoms with van der Waals surface area (Å²) in [6.45, 7) is 3.96. The highest BCUT2D eigenvalue weighted by Crippen LogP contribution is 2.33. The van der Waals surface area contributed by atoms with Crippen molar-refractivity contribution < 1.29 is 14.3 Å². The molecule has 4 heteroatoms. The van der Waals surface area contributed by atoms with Crippen LogP contribution in [0.5, 0.6) is 0 Å². The van der Waals surface area contributed by atoms with Crippen molar-refractivity contribution in [2.24, 2.45) is 5.92 Å². The summed E-state index contributed by atoms with van der Waals surface area (Å²) in [4.78, 5) is 11.8. The minimum Gasteiger partial charge on any atom is -0.480 e. The Morgan fingerprint density at radius 1 is 1.35 bits per heavy atom. The molecule has 2 unspecified atom stereocenters. The van der Waals surface area contributed by atoms with Gasteiger partial charge in [0.1, 0.15) is 11.4 Å². The van der Waals surface area contributed by atoms with E-state index in [1.807, 2.05) is 0 Å². The number of carboxylic acids is 1. The van der Waals surface area contributed by atoms with Crippen LogP contribution in [0.3, 0.4) is 0 Å². The van der Waals surface area contributed by atoms with Gasteiger partial charge in [0.15, 0.2) is 0 Å². The van der Waals surface area contributed by atoms with E-state index >= 15 is 0 Å². The maximum absolute atomic E-state index is 13.5. The highest BCUT2D eigenvalue weighted by atomic mass is 19.1. The number of carboxylic acid groups (broad SMARTS) is 1. The average molecular weight is 279 g/mol. The molecule has 0 spiro atoms. The summed E-state index contributed by atoms with van der Waals surface area (Å²) in [7, 11) is 0. The van der Waals surface area contributed by atoms with E-state index in [0.29, 0.717) is 24.4 Å². The lowest BCUT2D eigenvalue weighted by molar-refractivity contribution is -0.142. The standard InChI is InChI=1S/C16H22FNO2/c1-11-4-3-6-16(7-5-11,15(19)20)18-14-9-12(2)8-13(17)10-14/h8-11,18H,3-7H2,1-2H3,(H,19,20). The molecule has 0 aromatic heterocycles. The normalized spacial score (nSPS) is 26.9. The van der Waals surface area contributed by atoms with E-state index in [1.54, 1.807) is 13.0 Å². The molecule has 2 atom stereocenters. The van der Waals surface area contributed by atoms with Gasteiger partial charge in [-0.15, -0.1) is 0 Å². The summed E-state index contributed by atoms with van der Waals surface area (Å²) < 4.78 is 13.5. The predicted octanol–water partition coefficient (Wildman–Crippen LogP) is 3.97. The summed E-state index contributed by atoms with van der Waals surface area (Å²) in [5, 5.41) is 12.7. The average Bonchev–Trinajstić information content (AvgIpc) is 2.51. The SMILES string of the molecule is Cc1cc(F)cc(NC2(C(=O)O)CCCC(C)CC2)c1. The van der Waals surface area contributed by atoms with Gasteiger partial charge in [0, 0.05) is 5.69 Å². The molecule has 2 rings (SSSR count). The van der Waals surface area contributed by atoms with E-state index in [4.69, 9.17) is 0 Å². The largest absolute Gasteiger partial charge is 0.480 e. The molecule has 0 radical (unpaired) electrons. The minimum atomic E-state index is -0.967. The van der Waals surface area contributed by atoms with E-state index in [9.17, 15) is 14.3 Å². The second-order valence-electron chi connectivity index (χ2n) is 6.07. The topological polar surface area (TPSA) is 49.3 Å². The first-order valence-electron chi connectivity index (χ1n) is 7.20. The molecule has 0 aliphatic heterocycles. The van der Waals surface area contributed by atoms with Crippen molar-refractivity contribution >= 4 is 11.7 Å². The van der Waals surface area contributed by atoms with Crippen molar-refractivity contribution in [2.45, 2.75) is 51.5 Å². The summed E-state index contributed by atoms with van der Waals surface area (Å²) in [6, 6.07) is 4.60. The third-order valence-corrected chi connectivity index (χ3v) is 4.20. The lowest BCUT2D eigenvalue weighted by Crippen LogP contribution is -2.46. The number of anilines is 1. The van der Waals surface area contributed by atoms with Crippen molar-refractivity contribution in [1.82, 2.24) is 0 Å². The molecule has 0 heterocycles. The van der Waals surface area contributed by atoms with Gasteiger partial charge in [-0.2, -0.15) is 0 Å². The Kier molecular flexibility index (Phi) is 4.31. The van der Waals surface area contributed by atoms with Crippen molar-refractivity contribution in [3.8, 4) is 0 Å². The zero-order chi connectivity index (χ0) is 14.8. The van der Waals surface area contributed by atoms with E-state index in [2.05, 4.69) is 12.2 Å². The maximum Gasteiger partial charge on any atom is 0.329 e. The smallest absolute Gasteiger partial charge is 0.329 e. The second kappa shape index (κ2) is 5.81. The van der Waals surface area contributed by atoms with Crippen LogP contribution >= 0.6 is 0 Å².